The van der Waals surface area contributed by atoms with Crippen molar-refractivity contribution in [3.8, 4) is 5.75 Å². The molecule has 2 aliphatic rings. The highest BCUT2D eigenvalue weighted by Crippen LogP contribution is 2.40. The normalized spacial score (nSPS) is 19.6. The zero-order valence-electron chi connectivity index (χ0n) is 27.2. The third-order valence-electron chi connectivity index (χ3n) is 8.56. The number of carbonyl (C=O) groups excluding carboxylic acids is 2. The Kier molecular flexibility index (Phi) is 12.4. The minimum Gasteiger partial charge on any atom is -0.491 e. The van der Waals surface area contributed by atoms with Gasteiger partial charge in [-0.15, -0.1) is 0 Å². The number of esters is 1. The van der Waals surface area contributed by atoms with Crippen molar-refractivity contribution in [2.75, 3.05) is 44.3 Å². The van der Waals surface area contributed by atoms with E-state index in [1.165, 1.54) is 12.8 Å². The highest BCUT2D eigenvalue weighted by Gasteiger charge is 2.47. The lowest BCUT2D eigenvalue weighted by molar-refractivity contribution is -0.727. The highest BCUT2D eigenvalue weighted by molar-refractivity contribution is 6.35. The minimum atomic E-state index is -1.19. The fourth-order valence-electron chi connectivity index (χ4n) is 5.92. The van der Waals surface area contributed by atoms with Crippen LogP contribution in [0.1, 0.15) is 57.9 Å². The van der Waals surface area contributed by atoms with Gasteiger partial charge in [-0.2, -0.15) is 0 Å². The predicted octanol–water partition coefficient (Wildman–Crippen LogP) is 5.96. The fourth-order valence-corrected chi connectivity index (χ4v) is 6.47. The molecule has 12 heteroatoms. The molecule has 0 aliphatic carbocycles. The molecule has 2 aromatic carbocycles. The van der Waals surface area contributed by atoms with E-state index in [2.05, 4.69) is 11.8 Å². The molecule has 3 heterocycles. The van der Waals surface area contributed by atoms with Crippen LogP contribution in [0.5, 0.6) is 5.75 Å². The number of hydrogen-bond acceptors (Lipinski definition) is 7. The lowest BCUT2D eigenvalue weighted by Crippen LogP contribution is -2.48. The van der Waals surface area contributed by atoms with Crippen LogP contribution in [0.2, 0.25) is 10.0 Å². The summed E-state index contributed by atoms with van der Waals surface area (Å²) in [5.41, 5.74) is 1.76. The molecule has 0 unspecified atom stereocenters. The molecule has 0 radical (unpaired) electrons. The van der Waals surface area contributed by atoms with Crippen molar-refractivity contribution in [2.45, 2.75) is 77.5 Å². The average molecular weight is 689 g/mol. The molecule has 10 nitrogen and oxygen atoms in total. The largest absolute Gasteiger partial charge is 0.491 e. The van der Waals surface area contributed by atoms with Crippen LogP contribution in [-0.4, -0.2) is 66.8 Å². The zero-order valence-corrected chi connectivity index (χ0v) is 28.8. The standard InChI is InChI=1S/C35H45Cl2N4O6/c1-3-4-5-6-7-8-34(43)45-26-39-16-15-38(25-39)24-35(32-14-9-28(36)21-33(32)37)46-23-31(47-35)22-44-30-12-10-29(11-13-30)41-19-17-40(18-20-41)27(2)42/h9-16,21,25,31H,3-8,17-20,22-24,26H2,1-2H3/q+1/t31-,35-/m0/s1. The molecule has 2 atom stereocenters. The number of anilines is 1. The monoisotopic (exact) mass is 687 g/mol. The second kappa shape index (κ2) is 16.7. The van der Waals surface area contributed by atoms with Crippen LogP contribution >= 0.6 is 23.2 Å². The van der Waals surface area contributed by atoms with Gasteiger partial charge in [0.25, 0.3) is 0 Å². The van der Waals surface area contributed by atoms with Crippen LogP contribution in [0.3, 0.4) is 0 Å². The lowest BCUT2D eigenvalue weighted by atomic mass is 10.1. The Hall–Kier alpha value is -3.31. The van der Waals surface area contributed by atoms with Crippen molar-refractivity contribution in [3.63, 3.8) is 0 Å². The van der Waals surface area contributed by atoms with Crippen LogP contribution in [0.4, 0.5) is 5.69 Å². The van der Waals surface area contributed by atoms with Gasteiger partial charge >= 0.3 is 5.97 Å². The van der Waals surface area contributed by atoms with E-state index in [-0.39, 0.29) is 31.3 Å². The molecular weight excluding hydrogens is 643 g/mol. The first-order chi connectivity index (χ1) is 22.7. The van der Waals surface area contributed by atoms with Crippen molar-refractivity contribution in [2.24, 2.45) is 0 Å². The molecule has 2 fully saturated rings. The fraction of sp³-hybridized carbons (Fsp3) is 0.514. The van der Waals surface area contributed by atoms with Crippen molar-refractivity contribution in [1.82, 2.24) is 9.47 Å². The van der Waals surface area contributed by atoms with E-state index in [9.17, 15) is 9.59 Å². The molecule has 0 spiro atoms. The summed E-state index contributed by atoms with van der Waals surface area (Å²) in [6.07, 6.45) is 11.0. The van der Waals surface area contributed by atoms with Crippen molar-refractivity contribution in [3.05, 3.63) is 76.8 Å². The molecule has 2 aliphatic heterocycles. The number of halogens is 2. The third-order valence-corrected chi connectivity index (χ3v) is 9.11. The van der Waals surface area contributed by atoms with Gasteiger partial charge in [0.15, 0.2) is 0 Å². The smallest absolute Gasteiger partial charge is 0.308 e. The first-order valence-corrected chi connectivity index (χ1v) is 17.2. The molecular formula is C35H45Cl2N4O6+. The Labute approximate surface area is 287 Å². The number of amides is 1. The summed E-state index contributed by atoms with van der Waals surface area (Å²) in [6, 6.07) is 13.2. The number of carbonyl (C=O) groups is 2. The van der Waals surface area contributed by atoms with E-state index in [1.54, 1.807) is 23.6 Å². The van der Waals surface area contributed by atoms with E-state index in [4.69, 9.17) is 42.1 Å². The number of benzene rings is 2. The van der Waals surface area contributed by atoms with Gasteiger partial charge < -0.3 is 28.7 Å². The molecule has 0 N–H and O–H groups in total. The number of piperazine rings is 1. The lowest BCUT2D eigenvalue weighted by Gasteiger charge is -2.35. The number of unbranched alkanes of at least 4 members (excludes halogenated alkanes) is 4. The summed E-state index contributed by atoms with van der Waals surface area (Å²) in [4.78, 5) is 28.0. The number of aromatic nitrogens is 2. The predicted molar refractivity (Wildman–Crippen MR) is 179 cm³/mol. The maximum absolute atomic E-state index is 12.2. The second-order valence-electron chi connectivity index (χ2n) is 12.1. The molecule has 1 amide bonds. The van der Waals surface area contributed by atoms with Gasteiger partial charge in [0.05, 0.1) is 11.6 Å². The number of hydrogen-bond donors (Lipinski definition) is 0. The van der Waals surface area contributed by atoms with Gasteiger partial charge in [0, 0.05) is 55.8 Å². The summed E-state index contributed by atoms with van der Waals surface area (Å²) in [7, 11) is 0. The van der Waals surface area contributed by atoms with Gasteiger partial charge in [-0.3, -0.25) is 9.59 Å². The van der Waals surface area contributed by atoms with Gasteiger partial charge in [-0.05, 0) is 42.8 Å². The van der Waals surface area contributed by atoms with Gasteiger partial charge in [0.2, 0.25) is 24.8 Å². The summed E-state index contributed by atoms with van der Waals surface area (Å²) in [5, 5.41) is 0.952. The van der Waals surface area contributed by atoms with Crippen molar-refractivity contribution < 1.29 is 33.1 Å². The summed E-state index contributed by atoms with van der Waals surface area (Å²) in [6.45, 7) is 7.84. The van der Waals surface area contributed by atoms with Gasteiger partial charge in [-0.1, -0.05) is 61.9 Å². The quantitative estimate of drug-likeness (QED) is 0.111. The van der Waals surface area contributed by atoms with E-state index < -0.39 is 5.79 Å². The Morgan fingerprint density at radius 3 is 2.51 bits per heavy atom. The molecule has 5 rings (SSSR count). The highest BCUT2D eigenvalue weighted by atomic mass is 35.5. The SMILES string of the molecule is CCCCCCCC(=O)OC[n+]1ccn(C[C@]2(c3ccc(Cl)cc3Cl)OC[C@H](COc3ccc(N4CCN(C(C)=O)CC4)cc3)O2)c1. The van der Waals surface area contributed by atoms with Crippen LogP contribution in [0.15, 0.2) is 61.2 Å². The van der Waals surface area contributed by atoms with Gasteiger partial charge in [-0.25, -0.2) is 9.13 Å². The number of imidazole rings is 1. The molecule has 2 saturated heterocycles. The zero-order chi connectivity index (χ0) is 33.2. The summed E-state index contributed by atoms with van der Waals surface area (Å²) >= 11 is 12.9. The molecule has 3 aromatic rings. The van der Waals surface area contributed by atoms with Crippen LogP contribution in [0, 0.1) is 0 Å². The molecule has 0 bridgehead atoms. The number of rotatable bonds is 15. The number of ether oxygens (including phenoxy) is 4. The van der Waals surface area contributed by atoms with E-state index in [1.807, 2.05) is 58.5 Å². The van der Waals surface area contributed by atoms with Crippen LogP contribution in [-0.2, 0) is 42.9 Å². The van der Waals surface area contributed by atoms with Crippen molar-refractivity contribution in [1.29, 1.82) is 0 Å². The molecule has 0 saturated carbocycles. The van der Waals surface area contributed by atoms with Gasteiger partial charge in [0.1, 0.15) is 37.4 Å². The topological polar surface area (TPSA) is 86.4 Å². The first kappa shape index (κ1) is 35.0. The van der Waals surface area contributed by atoms with E-state index >= 15 is 0 Å². The van der Waals surface area contributed by atoms with Crippen molar-refractivity contribution >= 4 is 40.8 Å². The average Bonchev–Trinajstić information content (AvgIpc) is 3.70. The van der Waals surface area contributed by atoms with E-state index in [0.29, 0.717) is 35.2 Å². The molecule has 1 aromatic heterocycles. The Bertz CT molecular complexity index is 1480. The molecule has 254 valence electrons. The maximum atomic E-state index is 12.2. The Balaban J connectivity index is 1.17. The Morgan fingerprint density at radius 2 is 1.79 bits per heavy atom. The molecule has 47 heavy (non-hydrogen) atoms. The maximum Gasteiger partial charge on any atom is 0.308 e. The van der Waals surface area contributed by atoms with Crippen LogP contribution in [0.25, 0.3) is 0 Å². The van der Waals surface area contributed by atoms with Crippen LogP contribution < -0.4 is 14.2 Å². The third kappa shape index (κ3) is 9.63. The summed E-state index contributed by atoms with van der Waals surface area (Å²) < 4.78 is 28.3. The Morgan fingerprint density at radius 1 is 1.02 bits per heavy atom. The van der Waals surface area contributed by atoms with E-state index in [0.717, 1.165) is 56.9 Å². The second-order valence-corrected chi connectivity index (χ2v) is 13.0. The number of nitrogens with zero attached hydrogens (tertiary/aromatic N) is 4. The first-order valence-electron chi connectivity index (χ1n) is 16.5. The minimum absolute atomic E-state index is 0.118. The summed E-state index contributed by atoms with van der Waals surface area (Å²) in [5.74, 6) is -0.539.